The monoisotopic (exact) mass is 409 g/mol. The molecule has 0 N–H and O–H groups in total. The quantitative estimate of drug-likeness (QED) is 0.395. The van der Waals surface area contributed by atoms with Crippen molar-refractivity contribution in [3.8, 4) is 0 Å². The number of alkyl halides is 4. The van der Waals surface area contributed by atoms with Crippen LogP contribution in [0, 0.1) is 0 Å². The third-order valence-corrected chi connectivity index (χ3v) is 5.69. The summed E-state index contributed by atoms with van der Waals surface area (Å²) in [5.74, 6) is 0. The minimum absolute atomic E-state index is 0.101. The highest BCUT2D eigenvalue weighted by atomic mass is 79.9. The number of hydrogen-bond acceptors (Lipinski definition) is 3. The Morgan fingerprint density at radius 3 is 2.52 bits per heavy atom. The molecule has 2 rings (SSSR count). The van der Waals surface area contributed by atoms with Gasteiger partial charge in [0, 0.05) is 11.9 Å². The van der Waals surface area contributed by atoms with Crippen LogP contribution in [0.15, 0.2) is 12.1 Å². The van der Waals surface area contributed by atoms with Crippen LogP contribution in [-0.4, -0.2) is 29.7 Å². The second-order valence-corrected chi connectivity index (χ2v) is 12.8. The maximum Gasteiger partial charge on any atom is 0.416 e. The molecule has 0 unspecified atom stereocenters. The molecule has 0 saturated heterocycles. The van der Waals surface area contributed by atoms with Gasteiger partial charge in [-0.15, -0.1) is 19.2 Å². The van der Waals surface area contributed by atoms with Crippen molar-refractivity contribution in [3.05, 3.63) is 23.3 Å². The molecule has 0 atom stereocenters. The highest BCUT2D eigenvalue weighted by Crippen LogP contribution is 2.33. The van der Waals surface area contributed by atoms with E-state index in [9.17, 15) is 13.2 Å². The summed E-state index contributed by atoms with van der Waals surface area (Å²) in [4.78, 5) is 0. The smallest absolute Gasteiger partial charge is 0.362 e. The van der Waals surface area contributed by atoms with Crippen molar-refractivity contribution >= 4 is 35.0 Å². The lowest BCUT2D eigenvalue weighted by molar-refractivity contribution is -0.137. The van der Waals surface area contributed by atoms with Crippen LogP contribution in [0.5, 0.6) is 0 Å². The summed E-state index contributed by atoms with van der Waals surface area (Å²) in [6.07, 6.45) is -4.40. The maximum absolute atomic E-state index is 13.0. The van der Waals surface area contributed by atoms with Crippen molar-refractivity contribution in [1.82, 2.24) is 15.0 Å². The van der Waals surface area contributed by atoms with Crippen molar-refractivity contribution in [1.29, 1.82) is 0 Å². The van der Waals surface area contributed by atoms with Gasteiger partial charge < -0.3 is 4.74 Å². The summed E-state index contributed by atoms with van der Waals surface area (Å²) in [6, 6.07) is 3.16. The van der Waals surface area contributed by atoms with E-state index < -0.39 is 19.8 Å². The molecule has 0 saturated carbocycles. The highest BCUT2D eigenvalue weighted by molar-refractivity contribution is 9.08. The Hall–Kier alpha value is -0.933. The second kappa shape index (κ2) is 6.90. The Balaban J connectivity index is 2.24. The molecule has 23 heavy (non-hydrogen) atoms. The fraction of sp³-hybridized carbons (Fsp3) is 0.571. The standard InChI is InChI=1S/C14H19BrF3N3OSi/c1-23(2,3)5-4-22-9-21-12-7-11(14(16,17)18)6-10(8-15)13(12)19-20-21/h6-7H,4-5,8-9H2,1-3H3/q-1. The van der Waals surface area contributed by atoms with E-state index in [0.29, 0.717) is 23.2 Å². The molecule has 0 bridgehead atoms. The number of ether oxygens (including phenoxy) is 1. The van der Waals surface area contributed by atoms with Crippen LogP contribution >= 0.6 is 15.9 Å². The predicted octanol–water partition coefficient (Wildman–Crippen LogP) is 4.66. The molecule has 1 aromatic heterocycles. The maximum atomic E-state index is 13.0. The molecule has 0 aliphatic rings. The fourth-order valence-corrected chi connectivity index (χ4v) is 3.21. The van der Waals surface area contributed by atoms with E-state index in [1.54, 1.807) is 0 Å². The first kappa shape index (κ1) is 18.4. The predicted molar refractivity (Wildman–Crippen MR) is 89.3 cm³/mol. The van der Waals surface area contributed by atoms with Gasteiger partial charge in [-0.25, -0.2) is 4.68 Å². The molecule has 4 nitrogen and oxygen atoms in total. The van der Waals surface area contributed by atoms with Gasteiger partial charge in [0.2, 0.25) is 0 Å². The first-order valence-corrected chi connectivity index (χ1v) is 12.0. The largest absolute Gasteiger partial charge is 0.416 e. The SMILES string of the molecule is C[Si-](C)(C)CCOCn1nnc2c(CBr)cc(C(F)(F)F)cc21. The van der Waals surface area contributed by atoms with Crippen LogP contribution in [-0.2, 0) is 23.0 Å². The van der Waals surface area contributed by atoms with Crippen LogP contribution in [0.3, 0.4) is 0 Å². The van der Waals surface area contributed by atoms with Gasteiger partial charge >= 0.3 is 6.18 Å². The molecule has 1 aromatic carbocycles. The summed E-state index contributed by atoms with van der Waals surface area (Å²) in [5, 5.41) is 8.19. The van der Waals surface area contributed by atoms with Gasteiger partial charge in [0.05, 0.1) is 11.1 Å². The highest BCUT2D eigenvalue weighted by Gasteiger charge is 2.32. The number of fused-ring (bicyclic) bond motifs is 1. The molecule has 1 heterocycles. The third kappa shape index (κ3) is 4.77. The van der Waals surface area contributed by atoms with E-state index >= 15 is 0 Å². The van der Waals surface area contributed by atoms with Crippen molar-refractivity contribution in [2.45, 2.75) is 43.9 Å². The first-order chi connectivity index (χ1) is 10.6. The minimum Gasteiger partial charge on any atom is -0.362 e. The third-order valence-electron chi connectivity index (χ3n) is 3.38. The molecule has 0 aliphatic heterocycles. The number of aromatic nitrogens is 3. The van der Waals surface area contributed by atoms with Gasteiger partial charge in [0.25, 0.3) is 0 Å². The Labute approximate surface area is 142 Å². The zero-order valence-electron chi connectivity index (χ0n) is 13.2. The summed E-state index contributed by atoms with van der Waals surface area (Å²) >= 11 is 3.20. The van der Waals surface area contributed by atoms with E-state index in [1.807, 2.05) is 0 Å². The van der Waals surface area contributed by atoms with Gasteiger partial charge in [-0.1, -0.05) is 21.1 Å². The minimum atomic E-state index is -4.40. The van der Waals surface area contributed by atoms with Crippen molar-refractivity contribution in [2.24, 2.45) is 0 Å². The zero-order valence-corrected chi connectivity index (χ0v) is 15.8. The number of rotatable bonds is 6. The summed E-state index contributed by atoms with van der Waals surface area (Å²) < 4.78 is 46.0. The summed E-state index contributed by atoms with van der Waals surface area (Å²) in [6.45, 7) is 7.38. The molecule has 129 valence electrons. The van der Waals surface area contributed by atoms with Gasteiger partial charge in [0.1, 0.15) is 12.2 Å². The van der Waals surface area contributed by atoms with E-state index in [4.69, 9.17) is 4.74 Å². The number of hydrogen-bond donors (Lipinski definition) is 0. The Morgan fingerprint density at radius 1 is 1.26 bits per heavy atom. The molecule has 0 aliphatic carbocycles. The normalized spacial score (nSPS) is 13.0. The summed E-state index contributed by atoms with van der Waals surface area (Å²) in [5.41, 5.74) is 0.555. The van der Waals surface area contributed by atoms with Crippen LogP contribution < -0.4 is 0 Å². The lowest BCUT2D eigenvalue weighted by atomic mass is 10.1. The number of benzene rings is 1. The van der Waals surface area contributed by atoms with Crippen LogP contribution in [0.1, 0.15) is 11.1 Å². The van der Waals surface area contributed by atoms with Crippen molar-refractivity contribution in [3.63, 3.8) is 0 Å². The van der Waals surface area contributed by atoms with Crippen molar-refractivity contribution in [2.75, 3.05) is 6.61 Å². The Bertz CT molecular complexity index is 682. The molecule has 2 aromatic rings. The van der Waals surface area contributed by atoms with Gasteiger partial charge in [-0.2, -0.15) is 32.8 Å². The molecule has 0 amide bonds. The van der Waals surface area contributed by atoms with E-state index in [0.717, 1.165) is 18.2 Å². The molecule has 9 heteroatoms. The van der Waals surface area contributed by atoms with Gasteiger partial charge in [-0.05, 0) is 17.7 Å². The Kier molecular flexibility index (Phi) is 5.52. The Morgan fingerprint density at radius 2 is 1.96 bits per heavy atom. The zero-order chi connectivity index (χ0) is 17.3. The number of halogens is 4. The second-order valence-electron chi connectivity index (χ2n) is 6.57. The average molecular weight is 410 g/mol. The van der Waals surface area contributed by atoms with Gasteiger partial charge in [0.15, 0.2) is 0 Å². The molecular formula is C14H19BrF3N3OSi-. The van der Waals surface area contributed by atoms with Crippen LogP contribution in [0.2, 0.25) is 25.7 Å². The topological polar surface area (TPSA) is 39.9 Å². The van der Waals surface area contributed by atoms with E-state index in [1.165, 1.54) is 4.68 Å². The first-order valence-electron chi connectivity index (χ1n) is 7.19. The average Bonchev–Trinajstić information content (AvgIpc) is 2.84. The fourth-order valence-electron chi connectivity index (χ4n) is 2.03. The van der Waals surface area contributed by atoms with E-state index in [-0.39, 0.29) is 12.1 Å². The van der Waals surface area contributed by atoms with Crippen LogP contribution in [0.4, 0.5) is 13.2 Å². The molecule has 0 spiro atoms. The van der Waals surface area contributed by atoms with Gasteiger partial charge in [-0.3, -0.25) is 0 Å². The van der Waals surface area contributed by atoms with E-state index in [2.05, 4.69) is 45.9 Å². The lowest BCUT2D eigenvalue weighted by Crippen LogP contribution is -2.22. The van der Waals surface area contributed by atoms with Crippen molar-refractivity contribution < 1.29 is 17.9 Å². The molecule has 0 radical (unpaired) electrons. The summed E-state index contributed by atoms with van der Waals surface area (Å²) in [7, 11) is -1.21. The number of nitrogens with zero attached hydrogens (tertiary/aromatic N) is 3. The lowest BCUT2D eigenvalue weighted by Gasteiger charge is -2.26. The van der Waals surface area contributed by atoms with Crippen LogP contribution in [0.25, 0.3) is 11.0 Å². The molecule has 0 fully saturated rings. The molecular weight excluding hydrogens is 391 g/mol.